The lowest BCUT2D eigenvalue weighted by Crippen LogP contribution is -2.45. The third-order valence-electron chi connectivity index (χ3n) is 15.0. The van der Waals surface area contributed by atoms with Gasteiger partial charge in [-0.15, -0.1) is 0 Å². The third-order valence-corrected chi connectivity index (χ3v) is 16.0. The van der Waals surface area contributed by atoms with Crippen molar-refractivity contribution in [3.63, 3.8) is 0 Å². The van der Waals surface area contributed by atoms with Gasteiger partial charge in [0, 0.05) is 6.42 Å². The molecule has 0 saturated heterocycles. The number of carbonyl (C=O) groups excluding carboxylic acids is 1. The van der Waals surface area contributed by atoms with Crippen molar-refractivity contribution in [1.29, 1.82) is 0 Å². The second-order valence-corrected chi connectivity index (χ2v) is 24.9. The topological polar surface area (TPSA) is 108 Å². The molecule has 0 spiro atoms. The number of aliphatic hydroxyl groups excluding tert-OH is 1. The second kappa shape index (κ2) is 55.0. The molecule has 0 aromatic carbocycles. The fraction of sp³-hybridized carbons (Fsp3) is 0.952. The highest BCUT2D eigenvalue weighted by atomic mass is 31.2. The van der Waals surface area contributed by atoms with E-state index in [1.165, 1.54) is 276 Å². The largest absolute Gasteiger partial charge is 0.756 e. The Morgan fingerprint density at radius 3 is 1.04 bits per heavy atom. The maximum Gasteiger partial charge on any atom is 0.268 e. The van der Waals surface area contributed by atoms with Crippen LogP contribution in [0.5, 0.6) is 0 Å². The highest BCUT2D eigenvalue weighted by Crippen LogP contribution is 2.38. The van der Waals surface area contributed by atoms with Gasteiger partial charge in [0.05, 0.1) is 39.9 Å². The third kappa shape index (κ3) is 57.0. The lowest BCUT2D eigenvalue weighted by atomic mass is 10.0. The molecule has 0 radical (unpaired) electrons. The van der Waals surface area contributed by atoms with Crippen LogP contribution in [0.25, 0.3) is 0 Å². The van der Waals surface area contributed by atoms with Crippen LogP contribution in [0.15, 0.2) is 12.2 Å². The first-order valence-electron chi connectivity index (χ1n) is 32.1. The van der Waals surface area contributed by atoms with Gasteiger partial charge in [0.1, 0.15) is 13.2 Å². The maximum absolute atomic E-state index is 13.0. The average molecular weight is 1040 g/mol. The van der Waals surface area contributed by atoms with E-state index in [9.17, 15) is 19.4 Å². The van der Waals surface area contributed by atoms with Gasteiger partial charge in [0.25, 0.3) is 7.82 Å². The average Bonchev–Trinajstić information content (AvgIpc) is 3.34. The first kappa shape index (κ1) is 71.2. The van der Waals surface area contributed by atoms with Crippen molar-refractivity contribution in [2.24, 2.45) is 0 Å². The van der Waals surface area contributed by atoms with E-state index >= 15 is 0 Å². The number of likely N-dealkylation sites (N-methyl/N-ethyl adjacent to an activating group) is 1. The van der Waals surface area contributed by atoms with E-state index in [0.29, 0.717) is 17.4 Å². The minimum Gasteiger partial charge on any atom is -0.756 e. The fourth-order valence-electron chi connectivity index (χ4n) is 9.98. The Morgan fingerprint density at radius 2 is 0.750 bits per heavy atom. The number of quaternary nitrogens is 1. The minimum absolute atomic E-state index is 0.00255. The summed E-state index contributed by atoms with van der Waals surface area (Å²) in [7, 11) is 1.28. The molecule has 0 rings (SSSR count). The number of allylic oxidation sites excluding steroid dienone is 1. The van der Waals surface area contributed by atoms with Crippen molar-refractivity contribution in [2.75, 3.05) is 40.9 Å². The SMILES string of the molecule is CCCCCCCCCCCCCC/C=C/[C@@H](O)[C@H](COP(=O)([O-])OCC[N+](C)(C)C)NC(=O)CCCCCCCCCCCCCCCCCCCCCCCCCCCCCCCCCCCCCC. The van der Waals surface area contributed by atoms with E-state index in [2.05, 4.69) is 19.2 Å². The summed E-state index contributed by atoms with van der Waals surface area (Å²) in [5, 5.41) is 13.9. The second-order valence-electron chi connectivity index (χ2n) is 23.5. The van der Waals surface area contributed by atoms with E-state index in [1.807, 2.05) is 27.2 Å². The molecule has 0 fully saturated rings. The number of amides is 1. The van der Waals surface area contributed by atoms with E-state index in [1.54, 1.807) is 6.08 Å². The Labute approximate surface area is 450 Å². The first-order chi connectivity index (χ1) is 35.0. The summed E-state index contributed by atoms with van der Waals surface area (Å²) >= 11 is 0. The Bertz CT molecular complexity index is 1180. The van der Waals surface area contributed by atoms with Gasteiger partial charge in [0.2, 0.25) is 5.91 Å². The summed E-state index contributed by atoms with van der Waals surface area (Å²) in [4.78, 5) is 25.5. The predicted molar refractivity (Wildman–Crippen MR) is 312 cm³/mol. The molecule has 0 aliphatic heterocycles. The Morgan fingerprint density at radius 1 is 0.472 bits per heavy atom. The number of phosphoric acid groups is 1. The summed E-state index contributed by atoms with van der Waals surface area (Å²) in [5.41, 5.74) is 0. The van der Waals surface area contributed by atoms with Gasteiger partial charge >= 0.3 is 0 Å². The smallest absolute Gasteiger partial charge is 0.268 e. The van der Waals surface area contributed by atoms with Gasteiger partial charge in [-0.05, 0) is 19.3 Å². The number of unbranched alkanes of at least 4 members (excludes halogenated alkanes) is 47. The summed E-state index contributed by atoms with van der Waals surface area (Å²) < 4.78 is 23.3. The Kier molecular flexibility index (Phi) is 54.4. The number of rotatable bonds is 60. The Hall–Kier alpha value is -0.760. The number of hydrogen-bond acceptors (Lipinski definition) is 6. The van der Waals surface area contributed by atoms with E-state index in [-0.39, 0.29) is 19.1 Å². The predicted octanol–water partition coefficient (Wildman–Crippen LogP) is 19.1. The summed E-state index contributed by atoms with van der Waals surface area (Å²) in [6.07, 6.45) is 69.0. The van der Waals surface area contributed by atoms with Crippen molar-refractivity contribution >= 4 is 13.7 Å². The Balaban J connectivity index is 3.89. The first-order valence-corrected chi connectivity index (χ1v) is 33.5. The molecule has 0 saturated carbocycles. The van der Waals surface area contributed by atoms with Gasteiger partial charge in [0.15, 0.2) is 0 Å². The van der Waals surface area contributed by atoms with Gasteiger partial charge in [-0.25, -0.2) is 0 Å². The molecular formula is C63H127N2O6P. The fourth-order valence-corrected chi connectivity index (χ4v) is 10.7. The number of nitrogens with one attached hydrogen (secondary N) is 1. The van der Waals surface area contributed by atoms with Crippen LogP contribution in [0.4, 0.5) is 0 Å². The van der Waals surface area contributed by atoms with Crippen molar-refractivity contribution in [3.05, 3.63) is 12.2 Å². The molecule has 0 bridgehead atoms. The molecule has 72 heavy (non-hydrogen) atoms. The lowest BCUT2D eigenvalue weighted by molar-refractivity contribution is -0.870. The van der Waals surface area contributed by atoms with Crippen LogP contribution >= 0.6 is 7.82 Å². The van der Waals surface area contributed by atoms with E-state index in [0.717, 1.165) is 38.5 Å². The molecule has 9 heteroatoms. The van der Waals surface area contributed by atoms with Crippen LogP contribution in [-0.4, -0.2) is 68.5 Å². The molecular weight excluding hydrogens is 912 g/mol. The normalized spacial score (nSPS) is 13.8. The molecule has 8 nitrogen and oxygen atoms in total. The van der Waals surface area contributed by atoms with Crippen LogP contribution in [0.3, 0.4) is 0 Å². The molecule has 3 atom stereocenters. The van der Waals surface area contributed by atoms with Gasteiger partial charge in [-0.3, -0.25) is 9.36 Å². The maximum atomic E-state index is 13.0. The van der Waals surface area contributed by atoms with Crippen molar-refractivity contribution in [3.8, 4) is 0 Å². The summed E-state index contributed by atoms with van der Waals surface area (Å²) in [5.74, 6) is -0.190. The van der Waals surface area contributed by atoms with Crippen LogP contribution in [0, 0.1) is 0 Å². The van der Waals surface area contributed by atoms with E-state index < -0.39 is 20.0 Å². The number of phosphoric ester groups is 1. The molecule has 430 valence electrons. The lowest BCUT2D eigenvalue weighted by Gasteiger charge is -2.29. The van der Waals surface area contributed by atoms with E-state index in [4.69, 9.17) is 9.05 Å². The van der Waals surface area contributed by atoms with Crippen LogP contribution < -0.4 is 10.2 Å². The van der Waals surface area contributed by atoms with Gasteiger partial charge < -0.3 is 28.8 Å². The molecule has 1 unspecified atom stereocenters. The summed E-state index contributed by atoms with van der Waals surface area (Å²) in [6, 6.07) is -0.882. The number of hydrogen-bond donors (Lipinski definition) is 2. The zero-order valence-corrected chi connectivity index (χ0v) is 50.1. The van der Waals surface area contributed by atoms with Crippen LogP contribution in [0.1, 0.15) is 335 Å². The molecule has 0 aromatic rings. The number of aliphatic hydroxyl groups is 1. The highest BCUT2D eigenvalue weighted by Gasteiger charge is 2.23. The van der Waals surface area contributed by atoms with Crippen molar-refractivity contribution < 1.29 is 32.9 Å². The molecule has 0 aromatic heterocycles. The van der Waals surface area contributed by atoms with Crippen molar-refractivity contribution in [2.45, 2.75) is 347 Å². The van der Waals surface area contributed by atoms with Gasteiger partial charge in [-0.2, -0.15) is 0 Å². The number of nitrogens with zero attached hydrogens (tertiary/aromatic N) is 1. The monoisotopic (exact) mass is 1040 g/mol. The van der Waals surface area contributed by atoms with Gasteiger partial charge in [-0.1, -0.05) is 321 Å². The standard InChI is InChI=1S/C63H127N2O6P/c1-6-8-10-12-14-16-18-20-22-23-24-25-26-27-28-29-30-31-32-33-34-35-36-37-38-39-40-41-42-43-45-47-49-51-53-55-57-63(67)64-61(60-71-72(68,69)70-59-58-65(3,4)5)62(66)56-54-52-50-48-46-44-21-19-17-15-13-11-9-7-2/h54,56,61-62,66H,6-53,55,57-60H2,1-5H3,(H-,64,67,68,69)/b56-54+/t61-,62+/m0/s1. The molecule has 0 aliphatic carbocycles. The zero-order valence-electron chi connectivity index (χ0n) is 49.2. The zero-order chi connectivity index (χ0) is 52.7. The minimum atomic E-state index is -4.59. The number of carbonyl (C=O) groups is 1. The molecule has 2 N–H and O–H groups in total. The quantitative estimate of drug-likeness (QED) is 0.0272. The van der Waals surface area contributed by atoms with Crippen molar-refractivity contribution in [1.82, 2.24) is 5.32 Å². The molecule has 0 heterocycles. The van der Waals surface area contributed by atoms with Crippen LogP contribution in [0.2, 0.25) is 0 Å². The summed E-state index contributed by atoms with van der Waals surface area (Å²) in [6.45, 7) is 4.69. The van der Waals surface area contributed by atoms with Crippen LogP contribution in [-0.2, 0) is 18.4 Å². The highest BCUT2D eigenvalue weighted by molar-refractivity contribution is 7.45. The molecule has 1 amide bonds. The molecule has 0 aliphatic rings.